The zero-order chi connectivity index (χ0) is 15.8. The summed E-state index contributed by atoms with van der Waals surface area (Å²) in [5, 5.41) is 12.8. The van der Waals surface area contributed by atoms with Crippen molar-refractivity contribution >= 4 is 17.3 Å². The van der Waals surface area contributed by atoms with Crippen molar-refractivity contribution in [3.8, 4) is 0 Å². The summed E-state index contributed by atoms with van der Waals surface area (Å²) in [6.07, 6.45) is 1.71. The van der Waals surface area contributed by atoms with Crippen LogP contribution in [-0.4, -0.2) is 17.7 Å². The Kier molecular flexibility index (Phi) is 6.45. The van der Waals surface area contributed by atoms with E-state index in [1.165, 1.54) is 4.88 Å². The van der Waals surface area contributed by atoms with Crippen molar-refractivity contribution in [2.75, 3.05) is 6.54 Å². The van der Waals surface area contributed by atoms with Gasteiger partial charge in [0.25, 0.3) is 0 Å². The highest BCUT2D eigenvalue weighted by atomic mass is 32.1. The van der Waals surface area contributed by atoms with Gasteiger partial charge in [0.2, 0.25) is 0 Å². The van der Waals surface area contributed by atoms with Crippen LogP contribution >= 0.6 is 11.3 Å². The quantitative estimate of drug-likeness (QED) is 0.608. The van der Waals surface area contributed by atoms with E-state index in [0.29, 0.717) is 6.54 Å². The average Bonchev–Trinajstić information content (AvgIpc) is 3.18. The highest BCUT2D eigenvalue weighted by Gasteiger charge is 2.13. The van der Waals surface area contributed by atoms with Gasteiger partial charge < -0.3 is 15.2 Å². The maximum atomic E-state index is 5.39. The molecule has 0 atom stereocenters. The summed E-state index contributed by atoms with van der Waals surface area (Å²) in [7, 11) is 0. The fourth-order valence-electron chi connectivity index (χ4n) is 2.20. The molecule has 2 aromatic heterocycles. The topological polar surface area (TPSA) is 62.5 Å². The summed E-state index contributed by atoms with van der Waals surface area (Å²) in [6.45, 7) is 8.44. The van der Waals surface area contributed by atoms with Crippen LogP contribution in [0.4, 0.5) is 0 Å². The Bertz CT molecular complexity index is 568. The smallest absolute Gasteiger partial charge is 0.191 e. The predicted octanol–water partition coefficient (Wildman–Crippen LogP) is 3.12. The number of hydrogen-bond donors (Lipinski definition) is 2. The van der Waals surface area contributed by atoms with Crippen LogP contribution in [0, 0.1) is 0 Å². The zero-order valence-corrected chi connectivity index (χ0v) is 14.3. The fourth-order valence-corrected chi connectivity index (χ4v) is 2.85. The third-order valence-corrected chi connectivity index (χ3v) is 4.23. The lowest BCUT2D eigenvalue weighted by molar-refractivity contribution is 0.380. The molecule has 0 unspecified atom stereocenters. The number of rotatable bonds is 7. The second kappa shape index (κ2) is 8.58. The van der Waals surface area contributed by atoms with Crippen LogP contribution in [-0.2, 0) is 25.9 Å². The van der Waals surface area contributed by atoms with Gasteiger partial charge in [0.15, 0.2) is 5.96 Å². The van der Waals surface area contributed by atoms with Crippen molar-refractivity contribution in [3.63, 3.8) is 0 Å². The molecule has 0 bridgehead atoms. The van der Waals surface area contributed by atoms with Gasteiger partial charge in [-0.3, -0.25) is 0 Å². The molecule has 0 saturated heterocycles. The molecule has 22 heavy (non-hydrogen) atoms. The molecule has 0 spiro atoms. The fraction of sp³-hybridized carbons (Fsp3) is 0.500. The molecule has 2 rings (SSSR count). The van der Waals surface area contributed by atoms with Gasteiger partial charge in [-0.25, -0.2) is 4.99 Å². The standard InChI is InChI=1S/C16H24N4OS/c1-4-14-13(15(5-2)21-20-14)11-19-16(17-6-3)18-10-12-8-7-9-22-12/h7-9H,4-6,10-11H2,1-3H3,(H2,17,18,19). The van der Waals surface area contributed by atoms with Crippen LogP contribution < -0.4 is 10.6 Å². The summed E-state index contributed by atoms with van der Waals surface area (Å²) in [5.41, 5.74) is 2.13. The minimum atomic E-state index is 0.593. The van der Waals surface area contributed by atoms with Gasteiger partial charge in [-0.15, -0.1) is 11.3 Å². The number of aliphatic imine (C=N–C) groups is 1. The second-order valence-corrected chi connectivity index (χ2v) is 5.90. The van der Waals surface area contributed by atoms with Gasteiger partial charge in [-0.1, -0.05) is 25.1 Å². The molecule has 0 aliphatic carbocycles. The Morgan fingerprint density at radius 2 is 2.14 bits per heavy atom. The van der Waals surface area contributed by atoms with Crippen LogP contribution in [0.5, 0.6) is 0 Å². The first-order valence-corrected chi connectivity index (χ1v) is 8.67. The third kappa shape index (κ3) is 4.34. The van der Waals surface area contributed by atoms with Crippen molar-refractivity contribution in [1.82, 2.24) is 15.8 Å². The van der Waals surface area contributed by atoms with E-state index in [9.17, 15) is 0 Å². The molecule has 0 fully saturated rings. The molecule has 2 aromatic rings. The largest absolute Gasteiger partial charge is 0.361 e. The molecule has 0 radical (unpaired) electrons. The van der Waals surface area contributed by atoms with Gasteiger partial charge in [-0.2, -0.15) is 0 Å². The van der Waals surface area contributed by atoms with Crippen molar-refractivity contribution < 1.29 is 4.52 Å². The van der Waals surface area contributed by atoms with E-state index in [1.807, 2.05) is 0 Å². The molecule has 6 heteroatoms. The van der Waals surface area contributed by atoms with Crippen LogP contribution in [0.15, 0.2) is 27.0 Å². The van der Waals surface area contributed by atoms with Crippen LogP contribution in [0.25, 0.3) is 0 Å². The first-order valence-electron chi connectivity index (χ1n) is 7.79. The summed E-state index contributed by atoms with van der Waals surface area (Å²) in [4.78, 5) is 5.96. The number of aromatic nitrogens is 1. The van der Waals surface area contributed by atoms with E-state index in [0.717, 1.165) is 48.9 Å². The SMILES string of the molecule is CCNC(=NCc1c(CC)noc1CC)NCc1cccs1. The van der Waals surface area contributed by atoms with Gasteiger partial charge in [-0.05, 0) is 24.8 Å². The minimum absolute atomic E-state index is 0.593. The highest BCUT2D eigenvalue weighted by molar-refractivity contribution is 7.09. The summed E-state index contributed by atoms with van der Waals surface area (Å²) < 4.78 is 5.39. The van der Waals surface area contributed by atoms with E-state index < -0.39 is 0 Å². The van der Waals surface area contributed by atoms with Crippen molar-refractivity contribution in [3.05, 3.63) is 39.4 Å². The second-order valence-electron chi connectivity index (χ2n) is 4.87. The Labute approximate surface area is 135 Å². The van der Waals surface area contributed by atoms with Crippen LogP contribution in [0.1, 0.15) is 42.7 Å². The number of nitrogens with zero attached hydrogens (tertiary/aromatic N) is 2. The molecular weight excluding hydrogens is 296 g/mol. The Balaban J connectivity index is 2.04. The lowest BCUT2D eigenvalue weighted by Gasteiger charge is -2.10. The lowest BCUT2D eigenvalue weighted by Crippen LogP contribution is -2.36. The van der Waals surface area contributed by atoms with Crippen molar-refractivity contribution in [1.29, 1.82) is 0 Å². The molecule has 5 nitrogen and oxygen atoms in total. The molecular formula is C16H24N4OS. The van der Waals surface area contributed by atoms with Crippen molar-refractivity contribution in [2.45, 2.75) is 46.7 Å². The van der Waals surface area contributed by atoms with Crippen LogP contribution in [0.2, 0.25) is 0 Å². The van der Waals surface area contributed by atoms with Crippen LogP contribution in [0.3, 0.4) is 0 Å². The number of thiophene rings is 1. The van der Waals surface area contributed by atoms with Gasteiger partial charge >= 0.3 is 0 Å². The lowest BCUT2D eigenvalue weighted by atomic mass is 10.1. The Morgan fingerprint density at radius 3 is 2.77 bits per heavy atom. The van der Waals surface area contributed by atoms with E-state index in [2.05, 4.69) is 59.1 Å². The van der Waals surface area contributed by atoms with E-state index in [-0.39, 0.29) is 0 Å². The molecule has 0 amide bonds. The normalized spacial score (nSPS) is 11.7. The number of nitrogens with one attached hydrogen (secondary N) is 2. The minimum Gasteiger partial charge on any atom is -0.361 e. The predicted molar refractivity (Wildman–Crippen MR) is 91.2 cm³/mol. The number of guanidine groups is 1. The Hall–Kier alpha value is -1.82. The van der Waals surface area contributed by atoms with E-state index in [1.54, 1.807) is 11.3 Å². The zero-order valence-electron chi connectivity index (χ0n) is 13.5. The first-order chi connectivity index (χ1) is 10.8. The molecule has 2 N–H and O–H groups in total. The molecule has 120 valence electrons. The summed E-state index contributed by atoms with van der Waals surface area (Å²) in [5.74, 6) is 1.76. The summed E-state index contributed by atoms with van der Waals surface area (Å²) in [6, 6.07) is 4.18. The van der Waals surface area contributed by atoms with Gasteiger partial charge in [0.05, 0.1) is 18.8 Å². The average molecular weight is 320 g/mol. The molecule has 2 heterocycles. The maximum Gasteiger partial charge on any atom is 0.191 e. The molecule has 0 aliphatic rings. The Morgan fingerprint density at radius 1 is 1.27 bits per heavy atom. The third-order valence-electron chi connectivity index (χ3n) is 3.36. The maximum absolute atomic E-state index is 5.39. The van der Waals surface area contributed by atoms with E-state index >= 15 is 0 Å². The van der Waals surface area contributed by atoms with Gasteiger partial charge in [0, 0.05) is 23.4 Å². The van der Waals surface area contributed by atoms with E-state index in [4.69, 9.17) is 4.52 Å². The first kappa shape index (κ1) is 16.5. The van der Waals surface area contributed by atoms with Crippen molar-refractivity contribution in [2.24, 2.45) is 4.99 Å². The molecule has 0 aromatic carbocycles. The number of hydrogen-bond acceptors (Lipinski definition) is 4. The molecule has 0 aliphatic heterocycles. The summed E-state index contributed by atoms with van der Waals surface area (Å²) >= 11 is 1.74. The van der Waals surface area contributed by atoms with Gasteiger partial charge in [0.1, 0.15) is 5.76 Å². The molecule has 0 saturated carbocycles. The monoisotopic (exact) mass is 320 g/mol. The highest BCUT2D eigenvalue weighted by Crippen LogP contribution is 2.16. The number of aryl methyl sites for hydroxylation is 2.